The second-order valence-corrected chi connectivity index (χ2v) is 5.22. The zero-order valence-electron chi connectivity index (χ0n) is 8.79. The van der Waals surface area contributed by atoms with Crippen LogP contribution in [0.2, 0.25) is 0 Å². The fourth-order valence-corrected chi connectivity index (χ4v) is 2.74. The molecule has 15 heavy (non-hydrogen) atoms. The summed E-state index contributed by atoms with van der Waals surface area (Å²) in [5.74, 6) is 0.754. The van der Waals surface area contributed by atoms with Gasteiger partial charge in [-0.15, -0.1) is 22.9 Å². The van der Waals surface area contributed by atoms with Crippen molar-refractivity contribution in [3.8, 4) is 0 Å². The molecule has 1 aromatic carbocycles. The number of hydrogen-bond acceptors (Lipinski definition) is 2. The maximum atomic E-state index is 5.65. The van der Waals surface area contributed by atoms with E-state index >= 15 is 0 Å². The molecule has 1 aromatic heterocycles. The molecule has 0 saturated heterocycles. The fourth-order valence-electron chi connectivity index (χ4n) is 1.56. The summed E-state index contributed by atoms with van der Waals surface area (Å²) < 4.78 is 1.29. The van der Waals surface area contributed by atoms with Gasteiger partial charge in [0.1, 0.15) is 0 Å². The van der Waals surface area contributed by atoms with Crippen molar-refractivity contribution in [3.05, 3.63) is 28.8 Å². The third-order valence-corrected chi connectivity index (χ3v) is 3.73. The molecule has 0 spiro atoms. The van der Waals surface area contributed by atoms with Crippen molar-refractivity contribution in [1.82, 2.24) is 4.98 Å². The number of rotatable bonds is 4. The second kappa shape index (κ2) is 4.95. The van der Waals surface area contributed by atoms with E-state index in [4.69, 9.17) is 11.6 Å². The van der Waals surface area contributed by atoms with Crippen LogP contribution in [0.4, 0.5) is 0 Å². The highest BCUT2D eigenvalue weighted by molar-refractivity contribution is 7.18. The minimum atomic E-state index is 0.754. The van der Waals surface area contributed by atoms with Crippen molar-refractivity contribution in [3.63, 3.8) is 0 Å². The van der Waals surface area contributed by atoms with Crippen LogP contribution in [0.5, 0.6) is 0 Å². The van der Waals surface area contributed by atoms with E-state index in [0.717, 1.165) is 30.7 Å². The number of halogens is 1. The number of aromatic nitrogens is 1. The van der Waals surface area contributed by atoms with E-state index in [1.165, 1.54) is 15.3 Å². The standard InChI is InChI=1S/C12H14ClNS/c1-9-5-6-11-10(8-9)14-12(15-11)4-2-3-7-13/h5-6,8H,2-4,7H2,1H3. The molecule has 0 saturated carbocycles. The van der Waals surface area contributed by atoms with Crippen LogP contribution in [0, 0.1) is 6.92 Å². The Bertz CT molecular complexity index is 450. The highest BCUT2D eigenvalue weighted by Gasteiger charge is 2.03. The smallest absolute Gasteiger partial charge is 0.0938 e. The molecule has 0 radical (unpaired) electrons. The van der Waals surface area contributed by atoms with Crippen molar-refractivity contribution >= 4 is 33.2 Å². The predicted molar refractivity (Wildman–Crippen MR) is 68.0 cm³/mol. The molecular weight excluding hydrogens is 226 g/mol. The molecule has 0 amide bonds. The summed E-state index contributed by atoms with van der Waals surface area (Å²) in [5, 5.41) is 1.24. The van der Waals surface area contributed by atoms with Crippen molar-refractivity contribution in [2.75, 3.05) is 5.88 Å². The Morgan fingerprint density at radius 2 is 2.20 bits per heavy atom. The number of fused-ring (bicyclic) bond motifs is 1. The topological polar surface area (TPSA) is 12.9 Å². The minimum absolute atomic E-state index is 0.754. The number of alkyl halides is 1. The molecule has 0 aliphatic carbocycles. The summed E-state index contributed by atoms with van der Waals surface area (Å²) >= 11 is 7.45. The van der Waals surface area contributed by atoms with Gasteiger partial charge in [-0.3, -0.25) is 0 Å². The van der Waals surface area contributed by atoms with Gasteiger partial charge in [0, 0.05) is 5.88 Å². The molecule has 1 heterocycles. The van der Waals surface area contributed by atoms with Crippen LogP contribution < -0.4 is 0 Å². The molecule has 0 aliphatic rings. The van der Waals surface area contributed by atoms with Gasteiger partial charge in [0.25, 0.3) is 0 Å². The van der Waals surface area contributed by atoms with Crippen molar-refractivity contribution in [2.45, 2.75) is 26.2 Å². The van der Waals surface area contributed by atoms with Gasteiger partial charge in [-0.1, -0.05) is 6.07 Å². The molecule has 0 atom stereocenters. The number of hydrogen-bond donors (Lipinski definition) is 0. The largest absolute Gasteiger partial charge is 0.241 e. The molecular formula is C12H14ClNS. The lowest BCUT2D eigenvalue weighted by Gasteiger charge is -1.92. The van der Waals surface area contributed by atoms with Crippen LogP contribution in [0.3, 0.4) is 0 Å². The van der Waals surface area contributed by atoms with Gasteiger partial charge in [0.05, 0.1) is 15.2 Å². The summed E-state index contributed by atoms with van der Waals surface area (Å²) in [5.41, 5.74) is 2.42. The van der Waals surface area contributed by atoms with E-state index in [1.807, 2.05) is 0 Å². The van der Waals surface area contributed by atoms with E-state index in [9.17, 15) is 0 Å². The lowest BCUT2D eigenvalue weighted by molar-refractivity contribution is 0.796. The predicted octanol–water partition coefficient (Wildman–Crippen LogP) is 4.17. The van der Waals surface area contributed by atoms with Gasteiger partial charge >= 0.3 is 0 Å². The van der Waals surface area contributed by atoms with E-state index in [-0.39, 0.29) is 0 Å². The zero-order chi connectivity index (χ0) is 10.7. The SMILES string of the molecule is Cc1ccc2sc(CCCCCl)nc2c1. The Morgan fingerprint density at radius 1 is 1.33 bits per heavy atom. The number of thiazole rings is 1. The third-order valence-electron chi connectivity index (χ3n) is 2.36. The Balaban J connectivity index is 2.16. The molecule has 0 bridgehead atoms. The van der Waals surface area contributed by atoms with Crippen LogP contribution >= 0.6 is 22.9 Å². The monoisotopic (exact) mass is 239 g/mol. The summed E-state index contributed by atoms with van der Waals surface area (Å²) in [6.07, 6.45) is 3.28. The maximum Gasteiger partial charge on any atom is 0.0938 e. The number of nitrogens with zero attached hydrogens (tertiary/aromatic N) is 1. The average molecular weight is 240 g/mol. The van der Waals surface area contributed by atoms with Gasteiger partial charge in [0.15, 0.2) is 0 Å². The van der Waals surface area contributed by atoms with Crippen LogP contribution in [0.25, 0.3) is 10.2 Å². The first-order chi connectivity index (χ1) is 7.29. The molecule has 3 heteroatoms. The van der Waals surface area contributed by atoms with Crippen LogP contribution in [-0.4, -0.2) is 10.9 Å². The third kappa shape index (κ3) is 2.70. The van der Waals surface area contributed by atoms with Gasteiger partial charge in [-0.05, 0) is 43.9 Å². The van der Waals surface area contributed by atoms with Crippen LogP contribution in [0.1, 0.15) is 23.4 Å². The average Bonchev–Trinajstić information content (AvgIpc) is 2.60. The molecule has 1 nitrogen and oxygen atoms in total. The van der Waals surface area contributed by atoms with Gasteiger partial charge in [-0.2, -0.15) is 0 Å². The Labute approximate surface area is 99.1 Å². The first-order valence-electron chi connectivity index (χ1n) is 5.21. The molecule has 0 fully saturated rings. The summed E-state index contributed by atoms with van der Waals surface area (Å²) in [4.78, 5) is 4.62. The minimum Gasteiger partial charge on any atom is -0.241 e. The Hall–Kier alpha value is -0.600. The molecule has 0 N–H and O–H groups in total. The van der Waals surface area contributed by atoms with E-state index in [0.29, 0.717) is 0 Å². The highest BCUT2D eigenvalue weighted by atomic mass is 35.5. The molecule has 80 valence electrons. The quantitative estimate of drug-likeness (QED) is 0.577. The zero-order valence-corrected chi connectivity index (χ0v) is 10.4. The van der Waals surface area contributed by atoms with Crippen molar-refractivity contribution in [2.24, 2.45) is 0 Å². The molecule has 0 aliphatic heterocycles. The van der Waals surface area contributed by atoms with Crippen LogP contribution in [0.15, 0.2) is 18.2 Å². The van der Waals surface area contributed by atoms with Gasteiger partial charge < -0.3 is 0 Å². The first-order valence-corrected chi connectivity index (χ1v) is 6.57. The summed E-state index contributed by atoms with van der Waals surface area (Å²) in [7, 11) is 0. The maximum absolute atomic E-state index is 5.65. The van der Waals surface area contributed by atoms with Gasteiger partial charge in [-0.25, -0.2) is 4.98 Å². The highest BCUT2D eigenvalue weighted by Crippen LogP contribution is 2.24. The second-order valence-electron chi connectivity index (χ2n) is 3.72. The fraction of sp³-hybridized carbons (Fsp3) is 0.417. The van der Waals surface area contributed by atoms with Crippen LogP contribution in [-0.2, 0) is 6.42 Å². The summed E-state index contributed by atoms with van der Waals surface area (Å²) in [6, 6.07) is 6.45. The van der Waals surface area contributed by atoms with Crippen molar-refractivity contribution in [1.29, 1.82) is 0 Å². The number of aryl methyl sites for hydroxylation is 2. The Morgan fingerprint density at radius 3 is 3.00 bits per heavy atom. The van der Waals surface area contributed by atoms with E-state index in [2.05, 4.69) is 30.1 Å². The normalized spacial score (nSPS) is 11.1. The molecule has 2 rings (SSSR count). The number of benzene rings is 1. The van der Waals surface area contributed by atoms with Crippen molar-refractivity contribution < 1.29 is 0 Å². The number of unbranched alkanes of at least 4 members (excludes halogenated alkanes) is 1. The lowest BCUT2D eigenvalue weighted by Crippen LogP contribution is -1.84. The summed E-state index contributed by atoms with van der Waals surface area (Å²) in [6.45, 7) is 2.10. The lowest BCUT2D eigenvalue weighted by atomic mass is 10.2. The van der Waals surface area contributed by atoms with E-state index in [1.54, 1.807) is 11.3 Å². The first kappa shape index (κ1) is 10.9. The Kier molecular flexibility index (Phi) is 3.60. The molecule has 0 unspecified atom stereocenters. The van der Waals surface area contributed by atoms with E-state index < -0.39 is 0 Å². The van der Waals surface area contributed by atoms with Gasteiger partial charge in [0.2, 0.25) is 0 Å². The molecule has 2 aromatic rings.